The molecule has 1 unspecified atom stereocenters. The van der Waals surface area contributed by atoms with Gasteiger partial charge >= 0.3 is 12.1 Å². The molecule has 1 amide bonds. The van der Waals surface area contributed by atoms with Crippen molar-refractivity contribution in [3.8, 4) is 9.75 Å². The van der Waals surface area contributed by atoms with E-state index < -0.39 is 12.1 Å². The molecule has 3 heterocycles. The zero-order chi connectivity index (χ0) is 23.1. The summed E-state index contributed by atoms with van der Waals surface area (Å²) in [4.78, 5) is 26.1. The number of hydrogen-bond donors (Lipinski definition) is 2. The molecule has 0 fully saturated rings. The second kappa shape index (κ2) is 8.58. The molecule has 0 saturated carbocycles. The van der Waals surface area contributed by atoms with E-state index in [0.29, 0.717) is 10.6 Å². The molecule has 9 heteroatoms. The highest BCUT2D eigenvalue weighted by molar-refractivity contribution is 7.25. The molecule has 2 N–H and O–H groups in total. The predicted molar refractivity (Wildman–Crippen MR) is 135 cm³/mol. The highest BCUT2D eigenvalue weighted by atomic mass is 32.1. The number of rotatable bonds is 5. The van der Waals surface area contributed by atoms with Crippen molar-refractivity contribution < 1.29 is 19.4 Å². The number of amides is 1. The highest BCUT2D eigenvalue weighted by Gasteiger charge is 2.20. The Morgan fingerprint density at radius 3 is 2.45 bits per heavy atom. The van der Waals surface area contributed by atoms with Gasteiger partial charge in [-0.3, -0.25) is 5.32 Å². The molecule has 0 aliphatic rings. The summed E-state index contributed by atoms with van der Waals surface area (Å²) in [6, 6.07) is 17.4. The van der Waals surface area contributed by atoms with E-state index in [4.69, 9.17) is 4.74 Å². The van der Waals surface area contributed by atoms with Crippen LogP contribution in [0.5, 0.6) is 0 Å². The van der Waals surface area contributed by atoms with Gasteiger partial charge in [0, 0.05) is 14.3 Å². The normalized spacial score (nSPS) is 12.2. The Kier molecular flexibility index (Phi) is 5.61. The summed E-state index contributed by atoms with van der Waals surface area (Å²) >= 11 is 4.18. The molecule has 0 bridgehead atoms. The molecule has 2 aromatic carbocycles. The van der Waals surface area contributed by atoms with E-state index in [0.717, 1.165) is 41.2 Å². The van der Waals surface area contributed by atoms with Gasteiger partial charge in [-0.2, -0.15) is 4.37 Å². The Morgan fingerprint density at radius 2 is 1.73 bits per heavy atom. The number of aryl methyl sites for hydroxylation is 1. The molecule has 1 atom stereocenters. The first-order valence-corrected chi connectivity index (χ1v) is 12.5. The van der Waals surface area contributed by atoms with Gasteiger partial charge in [0.25, 0.3) is 0 Å². The van der Waals surface area contributed by atoms with Gasteiger partial charge in [-0.05, 0) is 66.0 Å². The molecule has 0 radical (unpaired) electrons. The average Bonchev–Trinajstić information content (AvgIpc) is 3.49. The van der Waals surface area contributed by atoms with Crippen molar-refractivity contribution >= 4 is 72.1 Å². The van der Waals surface area contributed by atoms with Crippen LogP contribution in [-0.2, 0) is 4.74 Å². The molecule has 5 rings (SSSR count). The first-order chi connectivity index (χ1) is 15.9. The van der Waals surface area contributed by atoms with Gasteiger partial charge in [-0.25, -0.2) is 9.59 Å². The molecule has 0 aliphatic heterocycles. The Balaban J connectivity index is 1.42. The van der Waals surface area contributed by atoms with Crippen LogP contribution in [0.3, 0.4) is 0 Å². The van der Waals surface area contributed by atoms with Gasteiger partial charge in [0.1, 0.15) is 11.0 Å². The Bertz CT molecular complexity index is 1450. The zero-order valence-corrected chi connectivity index (χ0v) is 20.1. The number of aromatic nitrogens is 1. The maximum absolute atomic E-state index is 12.6. The molecular weight excluding hydrogens is 476 g/mol. The number of carboxylic acid groups (broad SMARTS) is 1. The van der Waals surface area contributed by atoms with Gasteiger partial charge < -0.3 is 9.84 Å². The lowest BCUT2D eigenvalue weighted by Gasteiger charge is -2.14. The third-order valence-electron chi connectivity index (χ3n) is 5.23. The Hall–Kier alpha value is -3.27. The molecule has 5 aromatic rings. The lowest BCUT2D eigenvalue weighted by atomic mass is 10.1. The number of carbonyl (C=O) groups excluding carboxylic acids is 1. The van der Waals surface area contributed by atoms with Crippen LogP contribution >= 0.6 is 34.2 Å². The third kappa shape index (κ3) is 4.22. The summed E-state index contributed by atoms with van der Waals surface area (Å²) in [7, 11) is 0. The van der Waals surface area contributed by atoms with Gasteiger partial charge in [-0.15, -0.1) is 22.7 Å². The highest BCUT2D eigenvalue weighted by Crippen LogP contribution is 2.43. The number of anilines is 1. The molecule has 0 spiro atoms. The quantitative estimate of drug-likeness (QED) is 0.263. The fourth-order valence-electron chi connectivity index (χ4n) is 3.56. The van der Waals surface area contributed by atoms with Crippen LogP contribution in [0.4, 0.5) is 10.5 Å². The first-order valence-electron chi connectivity index (χ1n) is 10.1. The number of nitrogens with zero attached hydrogens (tertiary/aromatic N) is 1. The van der Waals surface area contributed by atoms with Crippen LogP contribution < -0.4 is 5.32 Å². The second-order valence-electron chi connectivity index (χ2n) is 7.51. The summed E-state index contributed by atoms with van der Waals surface area (Å²) < 4.78 is 12.0. The lowest BCUT2D eigenvalue weighted by Crippen LogP contribution is -2.16. The topological polar surface area (TPSA) is 88.5 Å². The standard InChI is InChI=1S/C24H18N2O4S3/c1-12-21(25-24(29)30-13(2)14-6-4-3-5-7-14)22(33-26-12)19-10-15-8-18-16(9-17(15)31-19)11-20(32-18)23(27)28/h3-11,13H,1-2H3,(H,25,29)(H,27,28). The van der Waals surface area contributed by atoms with Crippen molar-refractivity contribution in [3.05, 3.63) is 70.7 Å². The van der Waals surface area contributed by atoms with Crippen molar-refractivity contribution in [3.63, 3.8) is 0 Å². The number of ether oxygens (including phenoxy) is 1. The van der Waals surface area contributed by atoms with E-state index in [-0.39, 0.29) is 6.10 Å². The number of thiophene rings is 2. The number of hydrogen-bond acceptors (Lipinski definition) is 7. The largest absolute Gasteiger partial charge is 0.477 e. The third-order valence-corrected chi connectivity index (χ3v) is 8.53. The minimum Gasteiger partial charge on any atom is -0.477 e. The minimum atomic E-state index is -0.912. The monoisotopic (exact) mass is 494 g/mol. The van der Waals surface area contributed by atoms with E-state index >= 15 is 0 Å². The predicted octanol–water partition coefficient (Wildman–Crippen LogP) is 7.56. The molecule has 166 valence electrons. The molecule has 0 saturated heterocycles. The number of carbonyl (C=O) groups is 2. The summed E-state index contributed by atoms with van der Waals surface area (Å²) in [6.45, 7) is 3.69. The van der Waals surface area contributed by atoms with Crippen molar-refractivity contribution in [2.24, 2.45) is 0 Å². The SMILES string of the molecule is Cc1nsc(-c2cc3cc4sc(C(=O)O)cc4cc3s2)c1NC(=O)OC(C)c1ccccc1. The smallest absolute Gasteiger partial charge is 0.412 e. The Labute approximate surface area is 201 Å². The maximum Gasteiger partial charge on any atom is 0.412 e. The van der Waals surface area contributed by atoms with Gasteiger partial charge in [0.05, 0.1) is 16.3 Å². The number of benzene rings is 2. The van der Waals surface area contributed by atoms with E-state index in [1.54, 1.807) is 17.4 Å². The lowest BCUT2D eigenvalue weighted by molar-refractivity contribution is 0.0702. The number of aromatic carboxylic acids is 1. The summed E-state index contributed by atoms with van der Waals surface area (Å²) in [6.07, 6.45) is -0.909. The summed E-state index contributed by atoms with van der Waals surface area (Å²) in [5.41, 5.74) is 2.29. The molecule has 0 aliphatic carbocycles. The van der Waals surface area contributed by atoms with Crippen molar-refractivity contribution in [1.82, 2.24) is 4.37 Å². The fourth-order valence-corrected chi connectivity index (χ4v) is 6.52. The van der Waals surface area contributed by atoms with Crippen LogP contribution in [0, 0.1) is 6.92 Å². The van der Waals surface area contributed by atoms with Crippen molar-refractivity contribution in [2.45, 2.75) is 20.0 Å². The van der Waals surface area contributed by atoms with Crippen molar-refractivity contribution in [2.75, 3.05) is 5.32 Å². The van der Waals surface area contributed by atoms with Crippen LogP contribution in [0.1, 0.15) is 34.0 Å². The number of fused-ring (bicyclic) bond motifs is 2. The summed E-state index contributed by atoms with van der Waals surface area (Å²) in [5.74, 6) is -0.912. The van der Waals surface area contributed by atoms with Crippen LogP contribution in [0.15, 0.2) is 54.6 Å². The maximum atomic E-state index is 12.6. The molecular formula is C24H18N2O4S3. The molecule has 6 nitrogen and oxygen atoms in total. The second-order valence-corrected chi connectivity index (χ2v) is 10.5. The average molecular weight is 495 g/mol. The van der Waals surface area contributed by atoms with Crippen LogP contribution in [0.25, 0.3) is 29.9 Å². The number of carboxylic acids is 1. The van der Waals surface area contributed by atoms with Gasteiger partial charge in [-0.1, -0.05) is 30.3 Å². The van der Waals surface area contributed by atoms with Crippen LogP contribution in [0.2, 0.25) is 0 Å². The van der Waals surface area contributed by atoms with E-state index in [1.165, 1.54) is 22.9 Å². The summed E-state index contributed by atoms with van der Waals surface area (Å²) in [5, 5.41) is 14.1. The van der Waals surface area contributed by atoms with Crippen LogP contribution in [-0.4, -0.2) is 21.5 Å². The zero-order valence-electron chi connectivity index (χ0n) is 17.6. The van der Waals surface area contributed by atoms with Gasteiger partial charge in [0.2, 0.25) is 0 Å². The molecule has 33 heavy (non-hydrogen) atoms. The van der Waals surface area contributed by atoms with E-state index in [9.17, 15) is 14.7 Å². The van der Waals surface area contributed by atoms with E-state index in [1.807, 2.05) is 56.3 Å². The first kappa shape index (κ1) is 21.6. The number of nitrogens with one attached hydrogen (secondary N) is 1. The van der Waals surface area contributed by atoms with E-state index in [2.05, 4.69) is 15.8 Å². The van der Waals surface area contributed by atoms with Gasteiger partial charge in [0.15, 0.2) is 0 Å². The minimum absolute atomic E-state index is 0.329. The van der Waals surface area contributed by atoms with Crippen molar-refractivity contribution in [1.29, 1.82) is 0 Å². The fraction of sp³-hybridized carbons (Fsp3) is 0.125. The molecule has 3 aromatic heterocycles. The Morgan fingerprint density at radius 1 is 1.03 bits per heavy atom.